The Morgan fingerprint density at radius 2 is 1.84 bits per heavy atom. The lowest BCUT2D eigenvalue weighted by Gasteiger charge is -2.19. The summed E-state index contributed by atoms with van der Waals surface area (Å²) in [7, 11) is 0.500. The third-order valence-electron chi connectivity index (χ3n) is 4.76. The number of aromatic nitrogens is 1. The number of halogens is 2. The minimum atomic E-state index is -1.56. The van der Waals surface area contributed by atoms with E-state index in [1.165, 1.54) is 29.5 Å². The van der Waals surface area contributed by atoms with Crippen LogP contribution in [-0.2, 0) is 9.59 Å². The molecular formula is C22H31F2N3O3S. The summed E-state index contributed by atoms with van der Waals surface area (Å²) in [5.74, 6) is -1.28. The highest BCUT2D eigenvalue weighted by Crippen LogP contribution is 2.30. The minimum Gasteiger partial charge on any atom is -0.378 e. The zero-order valence-electron chi connectivity index (χ0n) is 18.3. The number of carbonyl (C=O) groups excluding carboxylic acids is 2. The van der Waals surface area contributed by atoms with Gasteiger partial charge < -0.3 is 15.7 Å². The summed E-state index contributed by atoms with van der Waals surface area (Å²) >= 11 is 1.43. The van der Waals surface area contributed by atoms with Gasteiger partial charge in [-0.1, -0.05) is 39.3 Å². The lowest BCUT2D eigenvalue weighted by atomic mass is 10.0. The fourth-order valence-corrected chi connectivity index (χ4v) is 4.14. The maximum atomic E-state index is 13.3. The van der Waals surface area contributed by atoms with Crippen molar-refractivity contribution < 1.29 is 23.5 Å². The number of carbonyl (C=O) groups is 2. The summed E-state index contributed by atoms with van der Waals surface area (Å²) in [4.78, 5) is 30.4. The van der Waals surface area contributed by atoms with Crippen molar-refractivity contribution in [1.29, 1.82) is 0 Å². The molecule has 1 aromatic heterocycles. The van der Waals surface area contributed by atoms with Crippen LogP contribution in [-0.4, -0.2) is 35.1 Å². The molecule has 9 heteroatoms. The molecule has 1 heterocycles. The highest BCUT2D eigenvalue weighted by Gasteiger charge is 2.26. The average Bonchev–Trinajstić information content (AvgIpc) is 3.23. The lowest BCUT2D eigenvalue weighted by Crippen LogP contribution is -2.45. The first-order chi connectivity index (χ1) is 14.9. The van der Waals surface area contributed by atoms with Gasteiger partial charge in [-0.05, 0) is 42.9 Å². The summed E-state index contributed by atoms with van der Waals surface area (Å²) < 4.78 is 22.8. The van der Waals surface area contributed by atoms with E-state index in [-0.39, 0.29) is 5.56 Å². The number of aliphatic hydroxyl groups excluding tert-OH is 1. The minimum absolute atomic E-state index is 0.132. The molecule has 0 aliphatic heterocycles. The third-order valence-corrected chi connectivity index (χ3v) is 5.84. The van der Waals surface area contributed by atoms with Crippen molar-refractivity contribution in [3.63, 3.8) is 0 Å². The fraction of sp³-hybridized carbons (Fsp3) is 0.500. The van der Waals surface area contributed by atoms with Crippen LogP contribution in [0.2, 0.25) is 0 Å². The van der Waals surface area contributed by atoms with Crippen LogP contribution in [0.25, 0.3) is 0 Å². The van der Waals surface area contributed by atoms with Gasteiger partial charge in [-0.15, -0.1) is 11.3 Å². The first kappa shape index (κ1) is 26.6. The predicted molar refractivity (Wildman–Crippen MR) is 119 cm³/mol. The van der Waals surface area contributed by atoms with Gasteiger partial charge in [0.15, 0.2) is 11.2 Å². The summed E-state index contributed by atoms with van der Waals surface area (Å²) in [6.45, 7) is 6.12. The molecular weight excluding hydrogens is 424 g/mol. The number of rotatable bonds is 10. The Kier molecular flexibility index (Phi) is 11.9. The smallest absolute Gasteiger partial charge is 0.254 e. The molecule has 0 saturated heterocycles. The van der Waals surface area contributed by atoms with Crippen LogP contribution in [0.5, 0.6) is 0 Å². The van der Waals surface area contributed by atoms with Crippen LogP contribution in [0.1, 0.15) is 68.9 Å². The predicted octanol–water partition coefficient (Wildman–Crippen LogP) is 4.73. The molecule has 2 amide bonds. The van der Waals surface area contributed by atoms with E-state index in [0.717, 1.165) is 23.8 Å². The maximum Gasteiger partial charge on any atom is 0.254 e. The Morgan fingerprint density at radius 1 is 1.16 bits per heavy atom. The van der Waals surface area contributed by atoms with Crippen molar-refractivity contribution in [3.8, 4) is 0 Å². The number of benzene rings is 1. The van der Waals surface area contributed by atoms with Crippen LogP contribution >= 0.6 is 11.3 Å². The van der Waals surface area contributed by atoms with Crippen molar-refractivity contribution in [2.45, 2.75) is 64.5 Å². The molecule has 0 saturated carbocycles. The maximum absolute atomic E-state index is 13.3. The molecule has 0 aliphatic rings. The second-order valence-corrected chi connectivity index (χ2v) is 7.94. The van der Waals surface area contributed by atoms with E-state index in [0.29, 0.717) is 31.1 Å². The molecule has 172 valence electrons. The molecule has 3 N–H and O–H groups in total. The first-order valence-electron chi connectivity index (χ1n) is 10.3. The molecule has 0 spiro atoms. The Morgan fingerprint density at radius 3 is 2.42 bits per heavy atom. The largest absolute Gasteiger partial charge is 0.378 e. The quantitative estimate of drug-likeness (QED) is 0.483. The van der Waals surface area contributed by atoms with Crippen molar-refractivity contribution in [2.24, 2.45) is 0 Å². The van der Waals surface area contributed by atoms with Gasteiger partial charge in [0.2, 0.25) is 5.91 Å². The molecule has 2 rings (SSSR count). The van der Waals surface area contributed by atoms with Crippen molar-refractivity contribution in [1.82, 2.24) is 10.3 Å². The SMILES string of the molecule is CCC[C@H](NC(=O)C(O)c1cccc(F)c1)C(=O)Nc1ncc(C(CC)CC)s1.CF. The zero-order valence-corrected chi connectivity index (χ0v) is 19.1. The van der Waals surface area contributed by atoms with Gasteiger partial charge in [0.05, 0.1) is 7.18 Å². The van der Waals surface area contributed by atoms with Crippen molar-refractivity contribution >= 4 is 28.3 Å². The van der Waals surface area contributed by atoms with E-state index in [9.17, 15) is 23.5 Å². The number of aliphatic hydroxyl groups is 1. The average molecular weight is 456 g/mol. The third kappa shape index (κ3) is 7.99. The fourth-order valence-electron chi connectivity index (χ4n) is 3.05. The monoisotopic (exact) mass is 455 g/mol. The molecule has 6 nitrogen and oxygen atoms in total. The molecule has 1 aromatic carbocycles. The summed E-state index contributed by atoms with van der Waals surface area (Å²) in [5, 5.41) is 16.0. The van der Waals surface area contributed by atoms with Gasteiger partial charge >= 0.3 is 0 Å². The normalized spacial score (nSPS) is 12.5. The number of hydrogen-bond donors (Lipinski definition) is 3. The number of alkyl halides is 1. The highest BCUT2D eigenvalue weighted by atomic mass is 32.1. The lowest BCUT2D eigenvalue weighted by molar-refractivity contribution is -0.133. The van der Waals surface area contributed by atoms with Crippen molar-refractivity contribution in [2.75, 3.05) is 12.5 Å². The molecule has 1 unspecified atom stereocenters. The number of anilines is 1. The molecule has 31 heavy (non-hydrogen) atoms. The number of nitrogens with zero attached hydrogens (tertiary/aromatic N) is 1. The topological polar surface area (TPSA) is 91.3 Å². The van der Waals surface area contributed by atoms with Crippen LogP contribution in [0, 0.1) is 5.82 Å². The van der Waals surface area contributed by atoms with E-state index in [4.69, 9.17) is 0 Å². The van der Waals surface area contributed by atoms with E-state index < -0.39 is 29.8 Å². The highest BCUT2D eigenvalue weighted by molar-refractivity contribution is 7.15. The molecule has 0 fully saturated rings. The summed E-state index contributed by atoms with van der Waals surface area (Å²) in [6, 6.07) is 4.37. The molecule has 2 atom stereocenters. The van der Waals surface area contributed by atoms with Crippen molar-refractivity contribution in [3.05, 3.63) is 46.7 Å². The standard InChI is InChI=1S/C21H28FN3O3S.CH3F/c1-4-8-16(24-20(28)18(26)14-9-7-10-15(22)11-14)19(27)25-21-23-12-17(29-21)13(5-2)6-3;1-2/h7,9-13,16,18,26H,4-6,8H2,1-3H3,(H,24,28)(H,23,25,27);1H3/t16-,18?;/m0./s1. The van der Waals surface area contributed by atoms with Crippen LogP contribution in [0.15, 0.2) is 30.5 Å². The molecule has 0 radical (unpaired) electrons. The Bertz CT molecular complexity index is 828. The van der Waals surface area contributed by atoms with Crippen LogP contribution in [0.3, 0.4) is 0 Å². The van der Waals surface area contributed by atoms with E-state index in [2.05, 4.69) is 29.5 Å². The summed E-state index contributed by atoms with van der Waals surface area (Å²) in [5.41, 5.74) is 0.132. The number of amides is 2. The molecule has 0 aliphatic carbocycles. The van der Waals surface area contributed by atoms with E-state index in [1.54, 1.807) is 6.20 Å². The van der Waals surface area contributed by atoms with Gasteiger partial charge in [0.1, 0.15) is 11.9 Å². The first-order valence-corrected chi connectivity index (χ1v) is 11.1. The second kappa shape index (κ2) is 13.8. The van der Waals surface area contributed by atoms with Gasteiger partial charge in [0.25, 0.3) is 5.91 Å². The number of thiazole rings is 1. The second-order valence-electron chi connectivity index (χ2n) is 6.88. The zero-order chi connectivity index (χ0) is 23.4. The Hall–Kier alpha value is -2.39. The Labute approximate surface area is 186 Å². The molecule has 0 bridgehead atoms. The van der Waals surface area contributed by atoms with Gasteiger partial charge in [-0.25, -0.2) is 9.37 Å². The number of nitrogens with one attached hydrogen (secondary N) is 2. The van der Waals surface area contributed by atoms with Gasteiger partial charge in [0, 0.05) is 11.1 Å². The van der Waals surface area contributed by atoms with Gasteiger partial charge in [-0.2, -0.15) is 0 Å². The number of hydrogen-bond acceptors (Lipinski definition) is 5. The van der Waals surface area contributed by atoms with Crippen LogP contribution < -0.4 is 10.6 Å². The van der Waals surface area contributed by atoms with Crippen LogP contribution in [0.4, 0.5) is 13.9 Å². The van der Waals surface area contributed by atoms with E-state index >= 15 is 0 Å². The molecule has 2 aromatic rings. The summed E-state index contributed by atoms with van der Waals surface area (Å²) in [6.07, 6.45) is 3.28. The van der Waals surface area contributed by atoms with Gasteiger partial charge in [-0.3, -0.25) is 14.0 Å². The van der Waals surface area contributed by atoms with E-state index in [1.807, 2.05) is 6.92 Å². The Balaban J connectivity index is 0.00000233.